The molecule has 1 aliphatic rings. The average Bonchev–Trinajstić information content (AvgIpc) is 2.89. The third-order valence-electron chi connectivity index (χ3n) is 3.16. The summed E-state index contributed by atoms with van der Waals surface area (Å²) < 4.78 is 0. The van der Waals surface area contributed by atoms with E-state index in [9.17, 15) is 19.5 Å². The van der Waals surface area contributed by atoms with Crippen molar-refractivity contribution in [3.05, 3.63) is 21.9 Å². The maximum absolute atomic E-state index is 12.1. The van der Waals surface area contributed by atoms with Gasteiger partial charge in [0, 0.05) is 24.5 Å². The number of thiophene rings is 1. The molecule has 114 valence electrons. The van der Waals surface area contributed by atoms with Crippen LogP contribution in [0.3, 0.4) is 0 Å². The molecule has 1 aromatic heterocycles. The predicted octanol–water partition coefficient (Wildman–Crippen LogP) is 0.110. The molecule has 0 saturated carbocycles. The molecule has 0 fully saturated rings. The quantitative estimate of drug-likeness (QED) is 0.589. The number of hydrogen-bond donors (Lipinski definition) is 4. The van der Waals surface area contributed by atoms with Crippen molar-refractivity contribution in [1.29, 1.82) is 0 Å². The fourth-order valence-electron chi connectivity index (χ4n) is 2.26. The highest BCUT2D eigenvalue weighted by molar-refractivity contribution is 7.10. The van der Waals surface area contributed by atoms with Crippen LogP contribution < -0.4 is 16.4 Å². The largest absolute Gasteiger partial charge is 0.479 e. The lowest BCUT2D eigenvalue weighted by Gasteiger charge is -2.33. The summed E-state index contributed by atoms with van der Waals surface area (Å²) in [5, 5.41) is 16.1. The lowest BCUT2D eigenvalue weighted by molar-refractivity contribution is -0.142. The number of hydrogen-bond acceptors (Lipinski definition) is 4. The van der Waals surface area contributed by atoms with Crippen molar-refractivity contribution < 1.29 is 19.5 Å². The summed E-state index contributed by atoms with van der Waals surface area (Å²) in [6, 6.07) is -0.365. The van der Waals surface area contributed by atoms with Crippen LogP contribution in [0, 0.1) is 0 Å². The molecule has 1 atom stereocenters. The minimum absolute atomic E-state index is 0.182. The van der Waals surface area contributed by atoms with Crippen LogP contribution in [-0.2, 0) is 11.2 Å². The summed E-state index contributed by atoms with van der Waals surface area (Å²) in [6.07, 6.45) is 0.643. The van der Waals surface area contributed by atoms with Gasteiger partial charge in [-0.3, -0.25) is 0 Å². The highest BCUT2D eigenvalue weighted by atomic mass is 32.1. The van der Waals surface area contributed by atoms with Gasteiger partial charge >= 0.3 is 18.0 Å². The number of carbonyl (C=O) groups is 3. The van der Waals surface area contributed by atoms with Crippen LogP contribution in [0.15, 0.2) is 11.4 Å². The second kappa shape index (κ2) is 6.44. The Morgan fingerprint density at radius 2 is 2.10 bits per heavy atom. The van der Waals surface area contributed by atoms with Gasteiger partial charge in [0.2, 0.25) is 0 Å². The summed E-state index contributed by atoms with van der Waals surface area (Å²) in [5.74, 6) is -1.06. The number of carbonyl (C=O) groups excluding carboxylic acids is 2. The van der Waals surface area contributed by atoms with E-state index in [1.54, 1.807) is 6.07 Å². The van der Waals surface area contributed by atoms with E-state index >= 15 is 0 Å². The summed E-state index contributed by atoms with van der Waals surface area (Å²) in [7, 11) is 0. The third kappa shape index (κ3) is 3.43. The normalized spacial score (nSPS) is 17.0. The van der Waals surface area contributed by atoms with E-state index in [4.69, 9.17) is 5.73 Å². The van der Waals surface area contributed by atoms with E-state index in [0.717, 1.165) is 4.88 Å². The summed E-state index contributed by atoms with van der Waals surface area (Å²) >= 11 is 1.50. The molecule has 0 bridgehead atoms. The minimum Gasteiger partial charge on any atom is -0.479 e. The first-order valence-corrected chi connectivity index (χ1v) is 7.25. The number of carboxylic acids is 1. The van der Waals surface area contributed by atoms with Gasteiger partial charge in [0.15, 0.2) is 6.04 Å². The first-order chi connectivity index (χ1) is 10.0. The molecule has 4 amide bonds. The van der Waals surface area contributed by atoms with Crippen molar-refractivity contribution in [2.45, 2.75) is 12.5 Å². The van der Waals surface area contributed by atoms with Gasteiger partial charge in [-0.15, -0.1) is 11.3 Å². The van der Waals surface area contributed by atoms with Gasteiger partial charge in [0.05, 0.1) is 0 Å². The van der Waals surface area contributed by atoms with Gasteiger partial charge in [-0.1, -0.05) is 0 Å². The fraction of sp³-hybridized carbons (Fsp3) is 0.417. The van der Waals surface area contributed by atoms with E-state index in [2.05, 4.69) is 10.6 Å². The predicted molar refractivity (Wildman–Crippen MR) is 76.1 cm³/mol. The van der Waals surface area contributed by atoms with Crippen LogP contribution in [0.25, 0.3) is 0 Å². The molecule has 1 unspecified atom stereocenters. The first-order valence-electron chi connectivity index (χ1n) is 6.37. The maximum atomic E-state index is 12.1. The zero-order valence-electron chi connectivity index (χ0n) is 11.2. The van der Waals surface area contributed by atoms with Gasteiger partial charge in [0.25, 0.3) is 0 Å². The Hall–Kier alpha value is -2.29. The second-order valence-corrected chi connectivity index (χ2v) is 5.51. The maximum Gasteiger partial charge on any atom is 0.331 e. The van der Waals surface area contributed by atoms with E-state index in [-0.39, 0.29) is 13.1 Å². The Balaban J connectivity index is 2.00. The number of nitrogens with two attached hydrogens (primary N) is 1. The van der Waals surface area contributed by atoms with Crippen LogP contribution >= 0.6 is 11.3 Å². The van der Waals surface area contributed by atoms with Crippen molar-refractivity contribution in [1.82, 2.24) is 15.5 Å². The molecule has 0 radical (unpaired) electrons. The SMILES string of the molecule is NC(=O)NCCNC(=O)N1CCc2sccc2C1C(=O)O. The second-order valence-electron chi connectivity index (χ2n) is 4.51. The van der Waals surface area contributed by atoms with Crippen LogP contribution in [0.4, 0.5) is 9.59 Å². The highest BCUT2D eigenvalue weighted by Gasteiger charge is 2.36. The number of fused-ring (bicyclic) bond motifs is 1. The van der Waals surface area contributed by atoms with Crippen molar-refractivity contribution in [3.63, 3.8) is 0 Å². The molecule has 9 heteroatoms. The van der Waals surface area contributed by atoms with Crippen LogP contribution in [-0.4, -0.2) is 47.7 Å². The molecular weight excluding hydrogens is 296 g/mol. The summed E-state index contributed by atoms with van der Waals surface area (Å²) in [4.78, 5) is 36.4. The van der Waals surface area contributed by atoms with Gasteiger partial charge in [-0.05, 0) is 23.4 Å². The molecule has 0 aromatic carbocycles. The van der Waals surface area contributed by atoms with Crippen molar-refractivity contribution in [2.24, 2.45) is 5.73 Å². The smallest absolute Gasteiger partial charge is 0.331 e. The van der Waals surface area contributed by atoms with E-state index in [1.165, 1.54) is 16.2 Å². The molecule has 5 N–H and O–H groups in total. The van der Waals surface area contributed by atoms with Gasteiger partial charge in [-0.25, -0.2) is 14.4 Å². The Bertz CT molecular complexity index is 559. The van der Waals surface area contributed by atoms with Crippen LogP contribution in [0.5, 0.6) is 0 Å². The number of carboxylic acid groups (broad SMARTS) is 1. The van der Waals surface area contributed by atoms with Crippen molar-refractivity contribution >= 4 is 29.4 Å². The number of primary amides is 1. The van der Waals surface area contributed by atoms with E-state index < -0.39 is 24.1 Å². The lowest BCUT2D eigenvalue weighted by atomic mass is 10.0. The van der Waals surface area contributed by atoms with Crippen molar-refractivity contribution in [2.75, 3.05) is 19.6 Å². The van der Waals surface area contributed by atoms with E-state index in [1.807, 2.05) is 5.38 Å². The molecule has 2 rings (SSSR count). The Morgan fingerprint density at radius 3 is 2.76 bits per heavy atom. The number of nitrogens with zero attached hydrogens (tertiary/aromatic N) is 1. The Morgan fingerprint density at radius 1 is 1.38 bits per heavy atom. The lowest BCUT2D eigenvalue weighted by Crippen LogP contribution is -2.49. The van der Waals surface area contributed by atoms with Crippen LogP contribution in [0.1, 0.15) is 16.5 Å². The van der Waals surface area contributed by atoms with E-state index in [0.29, 0.717) is 18.5 Å². The highest BCUT2D eigenvalue weighted by Crippen LogP contribution is 2.33. The Kier molecular flexibility index (Phi) is 4.63. The zero-order valence-corrected chi connectivity index (χ0v) is 12.0. The fourth-order valence-corrected chi connectivity index (χ4v) is 3.16. The molecule has 0 saturated heterocycles. The van der Waals surface area contributed by atoms with Gasteiger partial charge in [0.1, 0.15) is 0 Å². The third-order valence-corrected chi connectivity index (χ3v) is 4.16. The number of urea groups is 2. The number of amides is 4. The molecule has 1 aromatic rings. The molecule has 2 heterocycles. The standard InChI is InChI=1S/C12H16N4O4S/c13-11(19)14-3-4-15-12(20)16-5-1-8-7(2-6-21-8)9(16)10(17)18/h2,6,9H,1,3-5H2,(H,15,20)(H,17,18)(H3,13,14,19). The zero-order chi connectivity index (χ0) is 15.4. The first kappa shape index (κ1) is 15.1. The average molecular weight is 312 g/mol. The molecule has 1 aliphatic heterocycles. The number of aliphatic carboxylic acids is 1. The Labute approximate surface area is 124 Å². The molecule has 8 nitrogen and oxygen atoms in total. The van der Waals surface area contributed by atoms with Crippen LogP contribution in [0.2, 0.25) is 0 Å². The minimum atomic E-state index is -1.06. The molecule has 0 spiro atoms. The summed E-state index contributed by atoms with van der Waals surface area (Å²) in [5.41, 5.74) is 5.58. The molecular formula is C12H16N4O4S. The number of nitrogens with one attached hydrogen (secondary N) is 2. The van der Waals surface area contributed by atoms with Gasteiger partial charge in [-0.2, -0.15) is 0 Å². The topological polar surface area (TPSA) is 125 Å². The van der Waals surface area contributed by atoms with Crippen molar-refractivity contribution in [3.8, 4) is 0 Å². The molecule has 0 aliphatic carbocycles. The molecule has 21 heavy (non-hydrogen) atoms. The monoisotopic (exact) mass is 312 g/mol. The number of rotatable bonds is 4. The summed E-state index contributed by atoms with van der Waals surface area (Å²) in [6.45, 7) is 0.719. The van der Waals surface area contributed by atoms with Gasteiger partial charge < -0.3 is 26.4 Å².